The number of carbonyl (C=O) groups is 1. The van der Waals surface area contributed by atoms with E-state index in [-0.39, 0.29) is 23.0 Å². The van der Waals surface area contributed by atoms with Crippen molar-refractivity contribution >= 4 is 25.8 Å². The van der Waals surface area contributed by atoms with Crippen molar-refractivity contribution in [1.29, 1.82) is 0 Å². The molecule has 0 N–H and O–H groups in total. The first-order valence-corrected chi connectivity index (χ1v) is 11.2. The van der Waals surface area contributed by atoms with E-state index in [1.807, 2.05) is 0 Å². The van der Waals surface area contributed by atoms with E-state index in [2.05, 4.69) is 0 Å². The average molecular weight is 398 g/mol. The summed E-state index contributed by atoms with van der Waals surface area (Å²) in [6.45, 7) is -0.119. The first-order valence-electron chi connectivity index (χ1n) is 7.43. The summed E-state index contributed by atoms with van der Waals surface area (Å²) in [6.07, 6.45) is 1.33. The molecular formula is C17H18O7S2. The maximum Gasteiger partial charge on any atom is 0.508 e. The first-order chi connectivity index (χ1) is 12.1. The van der Waals surface area contributed by atoms with E-state index in [9.17, 15) is 21.6 Å². The van der Waals surface area contributed by atoms with Gasteiger partial charge in [-0.15, -0.1) is 0 Å². The van der Waals surface area contributed by atoms with Crippen molar-refractivity contribution in [3.8, 4) is 0 Å². The summed E-state index contributed by atoms with van der Waals surface area (Å²) in [5.41, 5.74) is 1.23. The topological polar surface area (TPSA) is 104 Å². The second-order valence-corrected chi connectivity index (χ2v) is 9.69. The van der Waals surface area contributed by atoms with Gasteiger partial charge in [-0.05, 0) is 35.4 Å². The molecule has 0 spiro atoms. The van der Waals surface area contributed by atoms with Crippen LogP contribution in [0.2, 0.25) is 0 Å². The van der Waals surface area contributed by atoms with E-state index in [4.69, 9.17) is 9.47 Å². The number of hydrogen-bond donors (Lipinski definition) is 0. The third kappa shape index (κ3) is 5.85. The van der Waals surface area contributed by atoms with Gasteiger partial charge in [0, 0.05) is 12.5 Å². The van der Waals surface area contributed by atoms with Crippen molar-refractivity contribution in [2.75, 3.05) is 12.5 Å². The largest absolute Gasteiger partial charge is 0.508 e. The Morgan fingerprint density at radius 2 is 1.00 bits per heavy atom. The highest BCUT2D eigenvalue weighted by Gasteiger charge is 2.10. The zero-order valence-electron chi connectivity index (χ0n) is 14.2. The maximum atomic E-state index is 11.6. The Kier molecular flexibility index (Phi) is 6.04. The molecule has 0 saturated heterocycles. The number of hydrogen-bond acceptors (Lipinski definition) is 7. The monoisotopic (exact) mass is 398 g/mol. The van der Waals surface area contributed by atoms with E-state index < -0.39 is 25.8 Å². The summed E-state index contributed by atoms with van der Waals surface area (Å²) in [7, 11) is -6.55. The molecule has 0 amide bonds. The molecule has 0 heterocycles. The van der Waals surface area contributed by atoms with Gasteiger partial charge in [0.15, 0.2) is 19.7 Å². The van der Waals surface area contributed by atoms with Crippen LogP contribution in [0.15, 0.2) is 58.3 Å². The van der Waals surface area contributed by atoms with Crippen LogP contribution < -0.4 is 0 Å². The molecule has 7 nitrogen and oxygen atoms in total. The van der Waals surface area contributed by atoms with Gasteiger partial charge < -0.3 is 9.47 Å². The summed E-state index contributed by atoms with van der Waals surface area (Å²) in [5.74, 6) is 0. The molecule has 0 aromatic heterocycles. The Hall–Kier alpha value is -2.39. The number of rotatable bonds is 6. The summed E-state index contributed by atoms with van der Waals surface area (Å²) in [4.78, 5) is 12.0. The van der Waals surface area contributed by atoms with Crippen molar-refractivity contribution in [1.82, 2.24) is 0 Å². The standard InChI is InChI=1S/C17H18O7S2/c1-25(19,20)15-7-3-13(4-8-15)11-23-17(18)24-12-14-5-9-16(10-6-14)26(2,21)22/h3-10H,11-12H2,1-2H3. The first kappa shape index (κ1) is 19.9. The molecule has 0 aliphatic heterocycles. The molecule has 0 aliphatic rings. The van der Waals surface area contributed by atoms with E-state index in [1.165, 1.54) is 24.3 Å². The number of benzene rings is 2. The summed E-state index contributed by atoms with van der Waals surface area (Å²) < 4.78 is 55.4. The molecule has 26 heavy (non-hydrogen) atoms. The minimum absolute atomic E-state index is 0.0596. The zero-order valence-corrected chi connectivity index (χ0v) is 15.8. The lowest BCUT2D eigenvalue weighted by atomic mass is 10.2. The average Bonchev–Trinajstić information content (AvgIpc) is 2.57. The van der Waals surface area contributed by atoms with E-state index in [0.29, 0.717) is 11.1 Å². The maximum absolute atomic E-state index is 11.6. The normalized spacial score (nSPS) is 11.8. The quantitative estimate of drug-likeness (QED) is 0.688. The van der Waals surface area contributed by atoms with Crippen LogP contribution in [0.5, 0.6) is 0 Å². The predicted molar refractivity (Wildman–Crippen MR) is 94.1 cm³/mol. The fourth-order valence-electron chi connectivity index (χ4n) is 1.99. The second kappa shape index (κ2) is 7.88. The minimum Gasteiger partial charge on any atom is -0.429 e. The zero-order chi connectivity index (χ0) is 19.4. The van der Waals surface area contributed by atoms with Gasteiger partial charge in [-0.1, -0.05) is 24.3 Å². The van der Waals surface area contributed by atoms with Crippen molar-refractivity contribution in [3.05, 3.63) is 59.7 Å². The lowest BCUT2D eigenvalue weighted by Crippen LogP contribution is -2.08. The third-order valence-corrected chi connectivity index (χ3v) is 5.67. The molecule has 140 valence electrons. The van der Waals surface area contributed by atoms with Crippen molar-refractivity contribution < 1.29 is 31.1 Å². The smallest absolute Gasteiger partial charge is 0.429 e. The Morgan fingerprint density at radius 3 is 1.27 bits per heavy atom. The molecule has 0 radical (unpaired) electrons. The van der Waals surface area contributed by atoms with Crippen LogP contribution in [-0.2, 0) is 42.4 Å². The number of carbonyl (C=O) groups excluding carboxylic acids is 1. The van der Waals surface area contributed by atoms with Crippen LogP contribution in [0.4, 0.5) is 4.79 Å². The van der Waals surface area contributed by atoms with Gasteiger partial charge in [0.25, 0.3) is 0 Å². The van der Waals surface area contributed by atoms with Gasteiger partial charge in [0.2, 0.25) is 0 Å². The molecule has 0 unspecified atom stereocenters. The SMILES string of the molecule is CS(=O)(=O)c1ccc(COC(=O)OCc2ccc(S(C)(=O)=O)cc2)cc1. The summed E-state index contributed by atoms with van der Waals surface area (Å²) in [6, 6.07) is 11.9. The van der Waals surface area contributed by atoms with Crippen molar-refractivity contribution in [2.24, 2.45) is 0 Å². The molecule has 2 rings (SSSR count). The Morgan fingerprint density at radius 1 is 0.692 bits per heavy atom. The molecule has 0 fully saturated rings. The number of sulfone groups is 2. The Labute approximate surface area is 152 Å². The van der Waals surface area contributed by atoms with Crippen LogP contribution >= 0.6 is 0 Å². The van der Waals surface area contributed by atoms with Gasteiger partial charge >= 0.3 is 6.16 Å². The fourth-order valence-corrected chi connectivity index (χ4v) is 3.25. The minimum atomic E-state index is -3.27. The Bertz CT molecular complexity index is 893. The van der Waals surface area contributed by atoms with Gasteiger partial charge in [0.05, 0.1) is 9.79 Å². The fraction of sp³-hybridized carbons (Fsp3) is 0.235. The molecule has 0 bridgehead atoms. The molecule has 0 saturated carbocycles. The lowest BCUT2D eigenvalue weighted by molar-refractivity contribution is 0.0446. The molecule has 0 aliphatic carbocycles. The molecule has 0 atom stereocenters. The number of ether oxygens (including phenoxy) is 2. The highest BCUT2D eigenvalue weighted by molar-refractivity contribution is 7.91. The van der Waals surface area contributed by atoms with Crippen LogP contribution in [0.25, 0.3) is 0 Å². The summed E-state index contributed by atoms with van der Waals surface area (Å²) >= 11 is 0. The van der Waals surface area contributed by atoms with E-state index in [0.717, 1.165) is 12.5 Å². The molecule has 2 aromatic carbocycles. The molecule has 9 heteroatoms. The van der Waals surface area contributed by atoms with Crippen molar-refractivity contribution in [2.45, 2.75) is 23.0 Å². The molecule has 2 aromatic rings. The summed E-state index contributed by atoms with van der Waals surface area (Å²) in [5, 5.41) is 0. The molecular weight excluding hydrogens is 380 g/mol. The van der Waals surface area contributed by atoms with Gasteiger partial charge in [-0.3, -0.25) is 0 Å². The van der Waals surface area contributed by atoms with E-state index in [1.54, 1.807) is 24.3 Å². The van der Waals surface area contributed by atoms with Gasteiger partial charge in [-0.25, -0.2) is 21.6 Å². The van der Waals surface area contributed by atoms with E-state index >= 15 is 0 Å². The van der Waals surface area contributed by atoms with Crippen LogP contribution in [0, 0.1) is 0 Å². The van der Waals surface area contributed by atoms with Gasteiger partial charge in [-0.2, -0.15) is 0 Å². The second-order valence-electron chi connectivity index (χ2n) is 5.66. The van der Waals surface area contributed by atoms with Gasteiger partial charge in [0.1, 0.15) is 13.2 Å². The Balaban J connectivity index is 1.84. The third-order valence-electron chi connectivity index (χ3n) is 3.42. The highest BCUT2D eigenvalue weighted by atomic mass is 32.2. The van der Waals surface area contributed by atoms with Crippen LogP contribution in [0.1, 0.15) is 11.1 Å². The lowest BCUT2D eigenvalue weighted by Gasteiger charge is -2.07. The van der Waals surface area contributed by atoms with Crippen LogP contribution in [-0.4, -0.2) is 35.5 Å². The van der Waals surface area contributed by atoms with Crippen molar-refractivity contribution in [3.63, 3.8) is 0 Å². The van der Waals surface area contributed by atoms with Crippen LogP contribution in [0.3, 0.4) is 0 Å². The highest BCUT2D eigenvalue weighted by Crippen LogP contribution is 2.13. The predicted octanol–water partition coefficient (Wildman–Crippen LogP) is 2.35.